The first-order valence-corrected chi connectivity index (χ1v) is 10.4. The van der Waals surface area contributed by atoms with Crippen LogP contribution in [0.25, 0.3) is 10.9 Å². The van der Waals surface area contributed by atoms with Gasteiger partial charge in [0.25, 0.3) is 0 Å². The predicted octanol–water partition coefficient (Wildman–Crippen LogP) is 4.25. The number of aromatic nitrogens is 3. The fourth-order valence-electron chi connectivity index (χ4n) is 4.05. The average molecular weight is 424 g/mol. The molecule has 5 nitrogen and oxygen atoms in total. The van der Waals surface area contributed by atoms with Crippen molar-refractivity contribution in [2.45, 2.75) is 38.8 Å². The summed E-state index contributed by atoms with van der Waals surface area (Å²) >= 11 is 3.58. The van der Waals surface area contributed by atoms with Crippen molar-refractivity contribution in [3.05, 3.63) is 57.7 Å². The molecule has 6 heteroatoms. The molecule has 0 saturated carbocycles. The van der Waals surface area contributed by atoms with Crippen molar-refractivity contribution >= 4 is 32.5 Å². The maximum absolute atomic E-state index is 4.85. The molecule has 2 aromatic heterocycles. The summed E-state index contributed by atoms with van der Waals surface area (Å²) in [5.74, 6) is 0.850. The first-order valence-electron chi connectivity index (χ1n) is 9.62. The van der Waals surface area contributed by atoms with E-state index in [2.05, 4.69) is 60.2 Å². The number of fused-ring (bicyclic) bond motifs is 2. The Balaban J connectivity index is 1.35. The van der Waals surface area contributed by atoms with E-state index in [1.165, 1.54) is 40.6 Å². The third-order valence-electron chi connectivity index (χ3n) is 5.52. The summed E-state index contributed by atoms with van der Waals surface area (Å²) in [6.07, 6.45) is 8.53. The standard InChI is InChI=1S/C21H22BrN5/c22-16-4-5-19-17(9-16)14(10-24-19)12-27-8-6-18-15(13-27)11-25-21(26-18)20-3-1-2-7-23-20/h4-5,9-11,24H,1-3,6-8,12-13H2. The summed E-state index contributed by atoms with van der Waals surface area (Å²) in [6, 6.07) is 6.39. The first kappa shape index (κ1) is 17.1. The topological polar surface area (TPSA) is 57.2 Å². The van der Waals surface area contributed by atoms with Gasteiger partial charge in [-0.2, -0.15) is 0 Å². The molecule has 5 rings (SSSR count). The van der Waals surface area contributed by atoms with Crippen LogP contribution in [0.15, 0.2) is 40.1 Å². The molecule has 0 fully saturated rings. The van der Waals surface area contributed by atoms with E-state index in [0.717, 1.165) is 55.0 Å². The minimum absolute atomic E-state index is 0.850. The Bertz CT molecular complexity index is 1020. The van der Waals surface area contributed by atoms with Gasteiger partial charge in [0.15, 0.2) is 5.82 Å². The fraction of sp³-hybridized carbons (Fsp3) is 0.381. The Kier molecular flexibility index (Phi) is 4.53. The molecule has 0 aliphatic carbocycles. The lowest BCUT2D eigenvalue weighted by Crippen LogP contribution is -2.31. The molecule has 0 bridgehead atoms. The summed E-state index contributed by atoms with van der Waals surface area (Å²) < 4.78 is 1.12. The van der Waals surface area contributed by atoms with Gasteiger partial charge in [-0.15, -0.1) is 0 Å². The Morgan fingerprint density at radius 2 is 2.15 bits per heavy atom. The molecule has 2 aliphatic rings. The quantitative estimate of drug-likeness (QED) is 0.684. The minimum atomic E-state index is 0.850. The van der Waals surface area contributed by atoms with Crippen LogP contribution in [0.4, 0.5) is 0 Å². The van der Waals surface area contributed by atoms with Gasteiger partial charge < -0.3 is 4.98 Å². The number of hydrogen-bond acceptors (Lipinski definition) is 4. The molecule has 4 heterocycles. The zero-order valence-electron chi connectivity index (χ0n) is 15.2. The second-order valence-corrected chi connectivity index (χ2v) is 8.33. The van der Waals surface area contributed by atoms with E-state index in [-0.39, 0.29) is 0 Å². The van der Waals surface area contributed by atoms with Crippen molar-refractivity contribution in [2.24, 2.45) is 4.99 Å². The van der Waals surface area contributed by atoms with E-state index in [1.54, 1.807) is 0 Å². The van der Waals surface area contributed by atoms with Crippen LogP contribution >= 0.6 is 15.9 Å². The number of aromatic amines is 1. The predicted molar refractivity (Wildman–Crippen MR) is 111 cm³/mol. The third-order valence-corrected chi connectivity index (χ3v) is 6.01. The maximum Gasteiger partial charge on any atom is 0.173 e. The van der Waals surface area contributed by atoms with Gasteiger partial charge in [0, 0.05) is 65.9 Å². The number of nitrogens with one attached hydrogen (secondary N) is 1. The maximum atomic E-state index is 4.85. The van der Waals surface area contributed by atoms with Crippen molar-refractivity contribution < 1.29 is 0 Å². The molecule has 0 amide bonds. The molecule has 0 unspecified atom stereocenters. The highest BCUT2D eigenvalue weighted by molar-refractivity contribution is 9.10. The summed E-state index contributed by atoms with van der Waals surface area (Å²) in [5.41, 5.74) is 6.07. The highest BCUT2D eigenvalue weighted by Gasteiger charge is 2.21. The molecule has 0 atom stereocenters. The number of rotatable bonds is 3. The summed E-state index contributed by atoms with van der Waals surface area (Å²) in [4.78, 5) is 20.0. The third kappa shape index (κ3) is 3.44. The van der Waals surface area contributed by atoms with Gasteiger partial charge in [-0.3, -0.25) is 9.89 Å². The van der Waals surface area contributed by atoms with Gasteiger partial charge in [-0.25, -0.2) is 9.97 Å². The van der Waals surface area contributed by atoms with Gasteiger partial charge in [0.05, 0.1) is 11.4 Å². The molecular formula is C21H22BrN5. The van der Waals surface area contributed by atoms with Crippen LogP contribution in [0.5, 0.6) is 0 Å². The van der Waals surface area contributed by atoms with Gasteiger partial charge in [0.2, 0.25) is 0 Å². The number of H-pyrrole nitrogens is 1. The first-order chi connectivity index (χ1) is 13.3. The summed E-state index contributed by atoms with van der Waals surface area (Å²) in [6.45, 7) is 3.79. The van der Waals surface area contributed by atoms with E-state index in [4.69, 9.17) is 4.98 Å². The van der Waals surface area contributed by atoms with Crippen LogP contribution < -0.4 is 0 Å². The van der Waals surface area contributed by atoms with Crippen LogP contribution in [-0.2, 0) is 19.5 Å². The van der Waals surface area contributed by atoms with Crippen LogP contribution in [0.1, 0.15) is 41.9 Å². The molecule has 1 N–H and O–H groups in total. The monoisotopic (exact) mass is 423 g/mol. The van der Waals surface area contributed by atoms with Crippen LogP contribution in [0, 0.1) is 0 Å². The summed E-state index contributed by atoms with van der Waals surface area (Å²) in [7, 11) is 0. The van der Waals surface area contributed by atoms with Crippen molar-refractivity contribution in [1.29, 1.82) is 0 Å². The lowest BCUT2D eigenvalue weighted by atomic mass is 10.0. The van der Waals surface area contributed by atoms with Crippen molar-refractivity contribution in [2.75, 3.05) is 13.1 Å². The molecule has 3 aromatic rings. The molecule has 2 aliphatic heterocycles. The SMILES string of the molecule is Brc1ccc2[nH]cc(CN3CCc4nc(C5=NCCCC5)ncc4C3)c2c1. The van der Waals surface area contributed by atoms with Gasteiger partial charge in [-0.05, 0) is 43.0 Å². The number of nitrogens with zero attached hydrogens (tertiary/aromatic N) is 4. The number of hydrogen-bond donors (Lipinski definition) is 1. The second kappa shape index (κ2) is 7.17. The summed E-state index contributed by atoms with van der Waals surface area (Å²) in [5, 5.41) is 1.29. The molecule has 1 aromatic carbocycles. The lowest BCUT2D eigenvalue weighted by molar-refractivity contribution is 0.243. The largest absolute Gasteiger partial charge is 0.361 e. The molecular weight excluding hydrogens is 402 g/mol. The molecule has 27 heavy (non-hydrogen) atoms. The van der Waals surface area contributed by atoms with E-state index in [0.29, 0.717) is 0 Å². The van der Waals surface area contributed by atoms with E-state index < -0.39 is 0 Å². The minimum Gasteiger partial charge on any atom is -0.361 e. The zero-order valence-corrected chi connectivity index (χ0v) is 16.8. The van der Waals surface area contributed by atoms with Gasteiger partial charge in [-0.1, -0.05) is 15.9 Å². The Hall–Kier alpha value is -2.05. The zero-order chi connectivity index (χ0) is 18.2. The Morgan fingerprint density at radius 1 is 1.19 bits per heavy atom. The highest BCUT2D eigenvalue weighted by Crippen LogP contribution is 2.26. The van der Waals surface area contributed by atoms with Crippen LogP contribution in [0.3, 0.4) is 0 Å². The number of aliphatic imine (C=N–C) groups is 1. The van der Waals surface area contributed by atoms with Crippen molar-refractivity contribution in [1.82, 2.24) is 19.9 Å². The van der Waals surface area contributed by atoms with Crippen molar-refractivity contribution in [3.8, 4) is 0 Å². The average Bonchev–Trinajstić information content (AvgIpc) is 3.10. The van der Waals surface area contributed by atoms with E-state index in [1.807, 2.05) is 6.20 Å². The number of benzene rings is 1. The van der Waals surface area contributed by atoms with Gasteiger partial charge >= 0.3 is 0 Å². The van der Waals surface area contributed by atoms with Crippen LogP contribution in [0.2, 0.25) is 0 Å². The lowest BCUT2D eigenvalue weighted by Gasteiger charge is -2.28. The molecule has 0 saturated heterocycles. The molecule has 138 valence electrons. The van der Waals surface area contributed by atoms with Crippen LogP contribution in [-0.4, -0.2) is 38.7 Å². The normalized spacial score (nSPS) is 17.7. The van der Waals surface area contributed by atoms with Crippen molar-refractivity contribution in [3.63, 3.8) is 0 Å². The smallest absolute Gasteiger partial charge is 0.173 e. The second-order valence-electron chi connectivity index (χ2n) is 7.42. The highest BCUT2D eigenvalue weighted by atomic mass is 79.9. The molecule has 0 spiro atoms. The van der Waals surface area contributed by atoms with Gasteiger partial charge in [0.1, 0.15) is 0 Å². The van der Waals surface area contributed by atoms with E-state index in [9.17, 15) is 0 Å². The Morgan fingerprint density at radius 3 is 3.04 bits per heavy atom. The Labute approximate surface area is 167 Å². The fourth-order valence-corrected chi connectivity index (χ4v) is 4.41. The molecule has 0 radical (unpaired) electrons. The van der Waals surface area contributed by atoms with E-state index >= 15 is 0 Å². The number of halogens is 1.